The SMILES string of the molecule is CSc1ccc(-c2cccc(-n3cc(C(N)=O)c(=O)c4cccnc43)c2)cc1. The molecule has 2 aromatic carbocycles. The first-order valence-corrected chi connectivity index (χ1v) is 9.86. The summed E-state index contributed by atoms with van der Waals surface area (Å²) in [7, 11) is 0. The van der Waals surface area contributed by atoms with Gasteiger partial charge >= 0.3 is 0 Å². The topological polar surface area (TPSA) is 78.0 Å². The van der Waals surface area contributed by atoms with E-state index in [-0.39, 0.29) is 5.56 Å². The Morgan fingerprint density at radius 2 is 1.82 bits per heavy atom. The van der Waals surface area contributed by atoms with Crippen molar-refractivity contribution < 1.29 is 4.79 Å². The first-order valence-electron chi connectivity index (χ1n) is 8.63. The highest BCUT2D eigenvalue weighted by atomic mass is 32.2. The van der Waals surface area contributed by atoms with Gasteiger partial charge in [-0.15, -0.1) is 11.8 Å². The minimum Gasteiger partial charge on any atom is -0.365 e. The summed E-state index contributed by atoms with van der Waals surface area (Å²) in [4.78, 5) is 29.9. The Labute approximate surface area is 165 Å². The summed E-state index contributed by atoms with van der Waals surface area (Å²) < 4.78 is 1.73. The van der Waals surface area contributed by atoms with Gasteiger partial charge in [-0.1, -0.05) is 24.3 Å². The summed E-state index contributed by atoms with van der Waals surface area (Å²) in [5.74, 6) is -0.756. The van der Waals surface area contributed by atoms with Gasteiger partial charge in [-0.05, 0) is 53.8 Å². The van der Waals surface area contributed by atoms with Gasteiger partial charge in [0.15, 0.2) is 0 Å². The molecule has 0 saturated carbocycles. The molecule has 0 saturated heterocycles. The number of benzene rings is 2. The van der Waals surface area contributed by atoms with Crippen LogP contribution >= 0.6 is 11.8 Å². The smallest absolute Gasteiger partial charge is 0.254 e. The molecule has 0 bridgehead atoms. The predicted molar refractivity (Wildman–Crippen MR) is 113 cm³/mol. The second-order valence-electron chi connectivity index (χ2n) is 6.26. The molecule has 6 heteroatoms. The molecule has 0 aliphatic heterocycles. The fraction of sp³-hybridized carbons (Fsp3) is 0.0455. The van der Waals surface area contributed by atoms with Gasteiger partial charge < -0.3 is 10.3 Å². The van der Waals surface area contributed by atoms with Crippen molar-refractivity contribution in [2.45, 2.75) is 4.90 Å². The van der Waals surface area contributed by atoms with Gasteiger partial charge in [-0.25, -0.2) is 4.98 Å². The van der Waals surface area contributed by atoms with E-state index in [9.17, 15) is 9.59 Å². The number of amides is 1. The van der Waals surface area contributed by atoms with E-state index >= 15 is 0 Å². The van der Waals surface area contributed by atoms with E-state index in [1.807, 2.05) is 30.5 Å². The third-order valence-electron chi connectivity index (χ3n) is 4.58. The zero-order valence-electron chi connectivity index (χ0n) is 15.1. The molecule has 0 fully saturated rings. The molecule has 2 heterocycles. The van der Waals surface area contributed by atoms with Gasteiger partial charge in [-0.2, -0.15) is 0 Å². The number of nitrogens with two attached hydrogens (primary N) is 1. The van der Waals surface area contributed by atoms with Crippen molar-refractivity contribution in [3.05, 3.63) is 88.8 Å². The van der Waals surface area contributed by atoms with E-state index in [2.05, 4.69) is 29.2 Å². The van der Waals surface area contributed by atoms with Crippen LogP contribution in [0.25, 0.3) is 27.8 Å². The van der Waals surface area contributed by atoms with Gasteiger partial charge in [0.25, 0.3) is 5.91 Å². The number of primary amides is 1. The van der Waals surface area contributed by atoms with Crippen molar-refractivity contribution in [3.8, 4) is 16.8 Å². The van der Waals surface area contributed by atoms with Crippen molar-refractivity contribution in [3.63, 3.8) is 0 Å². The highest BCUT2D eigenvalue weighted by Crippen LogP contribution is 2.26. The van der Waals surface area contributed by atoms with E-state index in [0.717, 1.165) is 16.8 Å². The molecular formula is C22H17N3O2S. The number of thioether (sulfide) groups is 1. The molecule has 5 nitrogen and oxygen atoms in total. The lowest BCUT2D eigenvalue weighted by Crippen LogP contribution is -2.24. The maximum Gasteiger partial charge on any atom is 0.254 e. The van der Waals surface area contributed by atoms with E-state index in [1.165, 1.54) is 11.1 Å². The van der Waals surface area contributed by atoms with Crippen LogP contribution in [-0.4, -0.2) is 21.7 Å². The number of hydrogen-bond donors (Lipinski definition) is 1. The Hall–Kier alpha value is -3.38. The standard InChI is InChI=1S/C22H17N3O2S/c1-28-17-9-7-14(8-10-17)15-4-2-5-16(12-15)25-13-19(21(23)27)20(26)18-6-3-11-24-22(18)25/h2-13H,1H3,(H2,23,27). The molecule has 0 unspecified atom stereocenters. The lowest BCUT2D eigenvalue weighted by Gasteiger charge is -2.13. The van der Waals surface area contributed by atoms with Crippen LogP contribution in [0.1, 0.15) is 10.4 Å². The van der Waals surface area contributed by atoms with Crippen molar-refractivity contribution in [2.24, 2.45) is 5.73 Å². The summed E-state index contributed by atoms with van der Waals surface area (Å²) in [5.41, 5.74) is 8.33. The summed E-state index contributed by atoms with van der Waals surface area (Å²) >= 11 is 1.69. The molecule has 1 amide bonds. The van der Waals surface area contributed by atoms with Crippen LogP contribution < -0.4 is 11.2 Å². The highest BCUT2D eigenvalue weighted by Gasteiger charge is 2.15. The van der Waals surface area contributed by atoms with Crippen LogP contribution in [0.4, 0.5) is 0 Å². The maximum absolute atomic E-state index is 12.5. The van der Waals surface area contributed by atoms with E-state index in [4.69, 9.17) is 5.73 Å². The Bertz CT molecular complexity index is 1250. The molecule has 4 aromatic rings. The number of rotatable bonds is 4. The number of nitrogens with zero attached hydrogens (tertiary/aromatic N) is 2. The van der Waals surface area contributed by atoms with Gasteiger partial charge in [0.05, 0.1) is 5.39 Å². The summed E-state index contributed by atoms with van der Waals surface area (Å²) in [6, 6.07) is 19.5. The van der Waals surface area contributed by atoms with Crippen molar-refractivity contribution in [1.29, 1.82) is 0 Å². The number of fused-ring (bicyclic) bond motifs is 1. The molecule has 0 aliphatic rings. The van der Waals surface area contributed by atoms with Gasteiger partial charge in [0.1, 0.15) is 11.2 Å². The minimum absolute atomic E-state index is 0.0600. The molecule has 4 rings (SSSR count). The van der Waals surface area contributed by atoms with E-state index in [1.54, 1.807) is 34.7 Å². The summed E-state index contributed by atoms with van der Waals surface area (Å²) in [6.07, 6.45) is 5.13. The van der Waals surface area contributed by atoms with Crippen molar-refractivity contribution in [2.75, 3.05) is 6.26 Å². The lowest BCUT2D eigenvalue weighted by molar-refractivity contribution is 0.0999. The quantitative estimate of drug-likeness (QED) is 0.539. The monoisotopic (exact) mass is 387 g/mol. The Morgan fingerprint density at radius 1 is 1.04 bits per heavy atom. The third-order valence-corrected chi connectivity index (χ3v) is 5.32. The molecule has 28 heavy (non-hydrogen) atoms. The number of pyridine rings is 2. The number of carbonyl (C=O) groups is 1. The predicted octanol–water partition coefficient (Wildman–Crippen LogP) is 3.87. The van der Waals surface area contributed by atoms with Gasteiger partial charge in [0.2, 0.25) is 5.43 Å². The molecular weight excluding hydrogens is 370 g/mol. The molecule has 0 atom stereocenters. The first-order chi connectivity index (χ1) is 13.6. The molecule has 138 valence electrons. The van der Waals surface area contributed by atoms with Crippen LogP contribution in [0.5, 0.6) is 0 Å². The summed E-state index contributed by atoms with van der Waals surface area (Å²) in [6.45, 7) is 0. The molecule has 0 aliphatic carbocycles. The second kappa shape index (κ2) is 7.32. The number of carbonyl (C=O) groups excluding carboxylic acids is 1. The Kier molecular flexibility index (Phi) is 4.71. The van der Waals surface area contributed by atoms with E-state index in [0.29, 0.717) is 11.0 Å². The fourth-order valence-corrected chi connectivity index (χ4v) is 3.56. The maximum atomic E-state index is 12.5. The second-order valence-corrected chi connectivity index (χ2v) is 7.14. The van der Waals surface area contributed by atoms with Crippen LogP contribution in [0.3, 0.4) is 0 Å². The molecule has 2 aromatic heterocycles. The zero-order chi connectivity index (χ0) is 19.7. The minimum atomic E-state index is -0.756. The molecule has 2 N–H and O–H groups in total. The fourth-order valence-electron chi connectivity index (χ4n) is 3.15. The first kappa shape index (κ1) is 18.0. The Morgan fingerprint density at radius 3 is 2.54 bits per heavy atom. The summed E-state index contributed by atoms with van der Waals surface area (Å²) in [5, 5.41) is 0.355. The van der Waals surface area contributed by atoms with Gasteiger partial charge in [0, 0.05) is 23.0 Å². The number of hydrogen-bond acceptors (Lipinski definition) is 4. The van der Waals surface area contributed by atoms with Crippen LogP contribution in [0, 0.1) is 0 Å². The number of aromatic nitrogens is 2. The highest BCUT2D eigenvalue weighted by molar-refractivity contribution is 7.98. The largest absolute Gasteiger partial charge is 0.365 e. The zero-order valence-corrected chi connectivity index (χ0v) is 15.9. The normalized spacial score (nSPS) is 10.9. The molecule has 0 radical (unpaired) electrons. The lowest BCUT2D eigenvalue weighted by atomic mass is 10.0. The van der Waals surface area contributed by atoms with E-state index < -0.39 is 11.3 Å². The average molecular weight is 387 g/mol. The van der Waals surface area contributed by atoms with Crippen molar-refractivity contribution >= 4 is 28.7 Å². The molecule has 0 spiro atoms. The van der Waals surface area contributed by atoms with Gasteiger partial charge in [-0.3, -0.25) is 9.59 Å². The Balaban J connectivity index is 1.92. The van der Waals surface area contributed by atoms with Crippen LogP contribution in [-0.2, 0) is 0 Å². The van der Waals surface area contributed by atoms with Crippen molar-refractivity contribution in [1.82, 2.24) is 9.55 Å². The van der Waals surface area contributed by atoms with Crippen LogP contribution in [0.15, 0.2) is 82.7 Å². The average Bonchev–Trinajstić information content (AvgIpc) is 2.74. The third kappa shape index (κ3) is 3.18. The van der Waals surface area contributed by atoms with Crippen LogP contribution in [0.2, 0.25) is 0 Å².